The van der Waals surface area contributed by atoms with Crippen LogP contribution in [-0.4, -0.2) is 4.98 Å². The Kier molecular flexibility index (Phi) is 7.75. The number of hydrogen-bond acceptors (Lipinski definition) is 1. The second kappa shape index (κ2) is 11.1. The van der Waals surface area contributed by atoms with Crippen LogP contribution in [0.4, 0.5) is 0 Å². The third-order valence-corrected chi connectivity index (χ3v) is 6.15. The van der Waals surface area contributed by atoms with Crippen LogP contribution in [0.25, 0.3) is 44.1 Å². The maximum atomic E-state index is 4.42. The van der Waals surface area contributed by atoms with Crippen LogP contribution in [-0.2, 0) is 20.1 Å². The van der Waals surface area contributed by atoms with E-state index in [4.69, 9.17) is 0 Å². The average Bonchev–Trinajstić information content (AvgIpc) is 2.90. The Bertz CT molecular complexity index is 1620. The summed E-state index contributed by atoms with van der Waals surface area (Å²) >= 11 is 0. The van der Waals surface area contributed by atoms with E-state index in [2.05, 4.69) is 80.5 Å². The fraction of sp³-hybridized carbons (Fsp3) is 0. The molecule has 0 aliphatic carbocycles. The zero-order chi connectivity index (χ0) is 24.2. The molecular weight excluding hydrogens is 617 g/mol. The van der Waals surface area contributed by atoms with Crippen LogP contribution < -0.4 is 4.57 Å². The second-order valence-corrected chi connectivity index (χ2v) is 8.41. The summed E-state index contributed by atoms with van der Waals surface area (Å²) < 4.78 is 1.91. The molecule has 3 heteroatoms. The number of rotatable bonds is 2. The summed E-state index contributed by atoms with van der Waals surface area (Å²) in [5, 5.41) is 4.85. The summed E-state index contributed by atoms with van der Waals surface area (Å²) in [7, 11) is 4.08. The van der Waals surface area contributed by atoms with Crippen molar-refractivity contribution in [2.24, 2.45) is 0 Å². The molecule has 2 heterocycles. The van der Waals surface area contributed by atoms with Crippen LogP contribution in [0.5, 0.6) is 0 Å². The second-order valence-electron chi connectivity index (χ2n) is 8.41. The predicted octanol–water partition coefficient (Wildman–Crippen LogP) is 7.70. The van der Waals surface area contributed by atoms with E-state index in [1.54, 1.807) is 0 Å². The first-order chi connectivity index (χ1) is 17.1. The Hall–Kier alpha value is -4.04. The standard InChI is InChI=1S/C17H14N.C16H12N.Ir/c1-13-7-3-5-9-15(13)17-16-10-6-4-8-14(16)11-12-18(17)2;1-12-9-10-13-6-2-3-7-14(13)16(12)15-8-4-5-11-17-15;/h3-12H,1-2H2;2-11H,1H2;/q2*-1;+3. The molecule has 0 bridgehead atoms. The molecule has 36 heavy (non-hydrogen) atoms. The van der Waals surface area contributed by atoms with Gasteiger partial charge in [0, 0.05) is 18.9 Å². The zero-order valence-electron chi connectivity index (χ0n) is 19.9. The van der Waals surface area contributed by atoms with Gasteiger partial charge in [-0.2, -0.15) is 37.1 Å². The van der Waals surface area contributed by atoms with Gasteiger partial charge in [-0.05, 0) is 34.4 Å². The van der Waals surface area contributed by atoms with Crippen LogP contribution in [0.15, 0.2) is 122 Å². The van der Waals surface area contributed by atoms with Crippen LogP contribution in [0.3, 0.4) is 0 Å². The van der Waals surface area contributed by atoms with Gasteiger partial charge in [0.25, 0.3) is 0 Å². The number of aromatic nitrogens is 2. The Morgan fingerprint density at radius 2 is 1.22 bits per heavy atom. The minimum Gasteiger partial charge on any atom is -0.343 e. The topological polar surface area (TPSA) is 16.8 Å². The third kappa shape index (κ3) is 4.99. The van der Waals surface area contributed by atoms with Gasteiger partial charge in [0.15, 0.2) is 0 Å². The molecule has 0 saturated carbocycles. The van der Waals surface area contributed by atoms with Crippen molar-refractivity contribution in [3.63, 3.8) is 0 Å². The summed E-state index contributed by atoms with van der Waals surface area (Å²) in [6, 6.07) is 37.0. The summed E-state index contributed by atoms with van der Waals surface area (Å²) in [6.45, 7) is 8.21. The van der Waals surface area contributed by atoms with Crippen molar-refractivity contribution in [1.82, 2.24) is 4.98 Å². The minimum absolute atomic E-state index is 0. The van der Waals surface area contributed by atoms with Crippen molar-refractivity contribution < 1.29 is 24.7 Å². The van der Waals surface area contributed by atoms with Crippen molar-refractivity contribution in [3.05, 3.63) is 154 Å². The van der Waals surface area contributed by atoms with Crippen LogP contribution in [0.2, 0.25) is 0 Å². The van der Waals surface area contributed by atoms with Gasteiger partial charge in [0.1, 0.15) is 0 Å². The first-order valence-electron chi connectivity index (χ1n) is 11.5. The number of nitrogens with zero attached hydrogens (tertiary/aromatic N) is 2. The molecule has 2 nitrogen and oxygen atoms in total. The van der Waals surface area contributed by atoms with Gasteiger partial charge in [-0.1, -0.05) is 71.6 Å². The Morgan fingerprint density at radius 1 is 0.583 bits per heavy atom. The SMILES string of the molecule is [CH2-]c1ccc2ccccc2c1-c1ccccn1.[CH2-]c1ccccc1-c1c2ccccc2cc[n+]1[CH2-].[Ir+3]. The molecule has 4 aromatic carbocycles. The van der Waals surface area contributed by atoms with Crippen LogP contribution >= 0.6 is 0 Å². The molecule has 0 radical (unpaired) electrons. The van der Waals surface area contributed by atoms with Crippen molar-refractivity contribution >= 4 is 21.5 Å². The van der Waals surface area contributed by atoms with E-state index in [1.807, 2.05) is 71.6 Å². The van der Waals surface area contributed by atoms with Gasteiger partial charge in [0.2, 0.25) is 0 Å². The summed E-state index contributed by atoms with van der Waals surface area (Å²) in [6.07, 6.45) is 3.81. The molecule has 176 valence electrons. The van der Waals surface area contributed by atoms with E-state index in [0.717, 1.165) is 33.6 Å². The molecule has 0 amide bonds. The number of hydrogen-bond donors (Lipinski definition) is 0. The summed E-state index contributed by atoms with van der Waals surface area (Å²) in [5.74, 6) is 0. The zero-order valence-corrected chi connectivity index (χ0v) is 22.3. The molecule has 0 spiro atoms. The molecular formula is C33H26IrN2+. The first kappa shape index (κ1) is 25.1. The smallest absolute Gasteiger partial charge is 0.343 e. The molecule has 2 aromatic heterocycles. The van der Waals surface area contributed by atoms with Gasteiger partial charge in [-0.15, -0.1) is 23.8 Å². The normalized spacial score (nSPS) is 10.3. The van der Waals surface area contributed by atoms with Gasteiger partial charge in [-0.3, -0.25) is 4.98 Å². The fourth-order valence-electron chi connectivity index (χ4n) is 4.44. The van der Waals surface area contributed by atoms with Gasteiger partial charge in [0.05, 0.1) is 11.9 Å². The van der Waals surface area contributed by atoms with Crippen molar-refractivity contribution in [1.29, 1.82) is 0 Å². The number of pyridine rings is 2. The molecule has 0 unspecified atom stereocenters. The Balaban J connectivity index is 0.000000165. The van der Waals surface area contributed by atoms with Crippen molar-refractivity contribution in [3.8, 4) is 22.5 Å². The molecule has 6 aromatic rings. The van der Waals surface area contributed by atoms with Crippen molar-refractivity contribution in [2.75, 3.05) is 0 Å². The number of benzene rings is 4. The Labute approximate surface area is 226 Å². The monoisotopic (exact) mass is 643 g/mol. The fourth-order valence-corrected chi connectivity index (χ4v) is 4.44. The van der Waals surface area contributed by atoms with E-state index in [9.17, 15) is 0 Å². The molecule has 6 rings (SSSR count). The van der Waals surface area contributed by atoms with Crippen LogP contribution in [0.1, 0.15) is 11.1 Å². The van der Waals surface area contributed by atoms with Gasteiger partial charge < -0.3 is 4.57 Å². The molecule has 0 saturated heterocycles. The minimum atomic E-state index is 0. The van der Waals surface area contributed by atoms with E-state index in [-0.39, 0.29) is 20.1 Å². The van der Waals surface area contributed by atoms with E-state index >= 15 is 0 Å². The molecule has 0 N–H and O–H groups in total. The summed E-state index contributed by atoms with van der Waals surface area (Å²) in [4.78, 5) is 4.42. The molecule has 0 aliphatic heterocycles. The van der Waals surface area contributed by atoms with E-state index < -0.39 is 0 Å². The molecule has 0 aliphatic rings. The predicted molar refractivity (Wildman–Crippen MR) is 146 cm³/mol. The van der Waals surface area contributed by atoms with Gasteiger partial charge >= 0.3 is 20.1 Å². The largest absolute Gasteiger partial charge is 3.00 e. The molecule has 0 atom stereocenters. The van der Waals surface area contributed by atoms with Gasteiger partial charge in [-0.25, -0.2) is 0 Å². The average molecular weight is 643 g/mol. The van der Waals surface area contributed by atoms with E-state index in [1.165, 1.54) is 21.5 Å². The first-order valence-corrected chi connectivity index (χ1v) is 11.5. The maximum Gasteiger partial charge on any atom is 3.00 e. The Morgan fingerprint density at radius 3 is 1.94 bits per heavy atom. The van der Waals surface area contributed by atoms with Crippen LogP contribution in [0, 0.1) is 20.9 Å². The van der Waals surface area contributed by atoms with Crippen molar-refractivity contribution in [2.45, 2.75) is 0 Å². The number of fused-ring (bicyclic) bond motifs is 2. The maximum absolute atomic E-state index is 4.42. The molecule has 0 fully saturated rings. The third-order valence-electron chi connectivity index (χ3n) is 6.15. The summed E-state index contributed by atoms with van der Waals surface area (Å²) in [5.41, 5.74) is 6.38. The van der Waals surface area contributed by atoms with E-state index in [0.29, 0.717) is 0 Å². The quantitative estimate of drug-likeness (QED) is 0.140.